The second-order valence-corrected chi connectivity index (χ2v) is 5.58. The molecule has 1 fully saturated rings. The molecule has 4 nitrogen and oxygen atoms in total. The van der Waals surface area contributed by atoms with E-state index in [1.807, 2.05) is 24.3 Å². The summed E-state index contributed by atoms with van der Waals surface area (Å²) >= 11 is 5.87. The molecule has 0 bridgehead atoms. The van der Waals surface area contributed by atoms with Crippen LogP contribution in [0.25, 0.3) is 0 Å². The van der Waals surface area contributed by atoms with E-state index in [0.717, 1.165) is 12.0 Å². The molecule has 1 amide bonds. The van der Waals surface area contributed by atoms with Crippen LogP contribution in [0, 0.1) is 11.8 Å². The standard InChI is InChI=1S/C15H18ClNO3/c1-10(18)17-8-12(14(9-17)15(19)20-2)7-11-3-5-13(16)6-4-11/h3-6,12,14H,7-9H2,1-2H3/t12-,14?/m0/s1. The number of carbonyl (C=O) groups is 2. The molecule has 2 atom stereocenters. The fourth-order valence-corrected chi connectivity index (χ4v) is 2.80. The van der Waals surface area contributed by atoms with Gasteiger partial charge < -0.3 is 9.64 Å². The third kappa shape index (κ3) is 3.31. The molecule has 5 heteroatoms. The summed E-state index contributed by atoms with van der Waals surface area (Å²) in [7, 11) is 1.39. The highest BCUT2D eigenvalue weighted by molar-refractivity contribution is 6.30. The van der Waals surface area contributed by atoms with Gasteiger partial charge in [-0.2, -0.15) is 0 Å². The van der Waals surface area contributed by atoms with Crippen LogP contribution in [0.1, 0.15) is 12.5 Å². The van der Waals surface area contributed by atoms with E-state index in [0.29, 0.717) is 18.1 Å². The zero-order valence-electron chi connectivity index (χ0n) is 11.6. The molecule has 2 rings (SSSR count). The van der Waals surface area contributed by atoms with Crippen molar-refractivity contribution in [2.45, 2.75) is 13.3 Å². The lowest BCUT2D eigenvalue weighted by Crippen LogP contribution is -2.27. The molecule has 0 radical (unpaired) electrons. The maximum absolute atomic E-state index is 11.9. The molecule has 1 heterocycles. The van der Waals surface area contributed by atoms with Crippen LogP contribution < -0.4 is 0 Å². The van der Waals surface area contributed by atoms with E-state index in [9.17, 15) is 9.59 Å². The van der Waals surface area contributed by atoms with Crippen LogP contribution in [0.15, 0.2) is 24.3 Å². The molecule has 1 aliphatic heterocycles. The molecule has 0 spiro atoms. The summed E-state index contributed by atoms with van der Waals surface area (Å²) in [5.74, 6) is -0.405. The van der Waals surface area contributed by atoms with Crippen LogP contribution in [0.5, 0.6) is 0 Å². The van der Waals surface area contributed by atoms with Crippen LogP contribution in [0.4, 0.5) is 0 Å². The number of nitrogens with zero attached hydrogens (tertiary/aromatic N) is 1. The highest BCUT2D eigenvalue weighted by Crippen LogP contribution is 2.28. The van der Waals surface area contributed by atoms with Crippen molar-refractivity contribution in [3.8, 4) is 0 Å². The average Bonchev–Trinajstić information content (AvgIpc) is 2.84. The van der Waals surface area contributed by atoms with Crippen molar-refractivity contribution in [3.63, 3.8) is 0 Å². The minimum atomic E-state index is -0.250. The quantitative estimate of drug-likeness (QED) is 0.803. The number of rotatable bonds is 3. The van der Waals surface area contributed by atoms with Crippen LogP contribution in [0.3, 0.4) is 0 Å². The topological polar surface area (TPSA) is 46.6 Å². The molecule has 1 aliphatic rings. The summed E-state index contributed by atoms with van der Waals surface area (Å²) in [6.45, 7) is 2.57. The minimum absolute atomic E-state index is 0.00231. The van der Waals surface area contributed by atoms with Crippen molar-refractivity contribution in [1.29, 1.82) is 0 Å². The molecule has 108 valence electrons. The lowest BCUT2D eigenvalue weighted by molar-refractivity contribution is -0.146. The molecular formula is C15H18ClNO3. The Morgan fingerprint density at radius 1 is 1.30 bits per heavy atom. The summed E-state index contributed by atoms with van der Waals surface area (Å²) in [4.78, 5) is 25.1. The number of ether oxygens (including phenoxy) is 1. The lowest BCUT2D eigenvalue weighted by atomic mass is 9.90. The largest absolute Gasteiger partial charge is 0.469 e. The fourth-order valence-electron chi connectivity index (χ4n) is 2.68. The third-order valence-electron chi connectivity index (χ3n) is 3.80. The Balaban J connectivity index is 2.12. The Labute approximate surface area is 123 Å². The maximum atomic E-state index is 11.9. The number of benzene rings is 1. The van der Waals surface area contributed by atoms with E-state index in [1.54, 1.807) is 4.90 Å². The third-order valence-corrected chi connectivity index (χ3v) is 4.05. The summed E-state index contributed by atoms with van der Waals surface area (Å²) in [6, 6.07) is 7.57. The number of hydrogen-bond acceptors (Lipinski definition) is 3. The molecule has 0 saturated carbocycles. The number of amides is 1. The Bertz CT molecular complexity index is 500. The molecule has 1 saturated heterocycles. The SMILES string of the molecule is COC(=O)C1CN(C(C)=O)C[C@@H]1Cc1ccc(Cl)cc1. The monoisotopic (exact) mass is 295 g/mol. The van der Waals surface area contributed by atoms with Crippen LogP contribution in [-0.2, 0) is 20.7 Å². The summed E-state index contributed by atoms with van der Waals surface area (Å²) in [6.07, 6.45) is 0.737. The highest BCUT2D eigenvalue weighted by atomic mass is 35.5. The van der Waals surface area contributed by atoms with Crippen molar-refractivity contribution >= 4 is 23.5 Å². The Morgan fingerprint density at radius 2 is 1.95 bits per heavy atom. The van der Waals surface area contributed by atoms with Crippen LogP contribution in [0.2, 0.25) is 5.02 Å². The fraction of sp³-hybridized carbons (Fsp3) is 0.467. The summed E-state index contributed by atoms with van der Waals surface area (Å²) < 4.78 is 4.85. The first kappa shape index (κ1) is 14.9. The Morgan fingerprint density at radius 3 is 2.50 bits per heavy atom. The predicted molar refractivity (Wildman–Crippen MR) is 76.4 cm³/mol. The van der Waals surface area contributed by atoms with Gasteiger partial charge in [0.25, 0.3) is 0 Å². The van der Waals surface area contributed by atoms with Gasteiger partial charge in [0.2, 0.25) is 5.91 Å². The first-order chi connectivity index (χ1) is 9.51. The van der Waals surface area contributed by atoms with Gasteiger partial charge in [-0.25, -0.2) is 0 Å². The number of halogens is 1. The van der Waals surface area contributed by atoms with Crippen molar-refractivity contribution in [2.75, 3.05) is 20.2 Å². The number of hydrogen-bond donors (Lipinski definition) is 0. The van der Waals surface area contributed by atoms with Crippen LogP contribution >= 0.6 is 11.6 Å². The van der Waals surface area contributed by atoms with E-state index in [2.05, 4.69) is 0 Å². The zero-order valence-corrected chi connectivity index (χ0v) is 12.4. The van der Waals surface area contributed by atoms with Crippen molar-refractivity contribution in [1.82, 2.24) is 4.90 Å². The molecule has 1 aromatic rings. The molecule has 0 aliphatic carbocycles. The first-order valence-electron chi connectivity index (χ1n) is 6.59. The molecule has 0 N–H and O–H groups in total. The van der Waals surface area contributed by atoms with Gasteiger partial charge >= 0.3 is 5.97 Å². The molecule has 0 aromatic heterocycles. The second kappa shape index (κ2) is 6.27. The van der Waals surface area contributed by atoms with Gasteiger partial charge in [0.1, 0.15) is 0 Å². The smallest absolute Gasteiger partial charge is 0.310 e. The second-order valence-electron chi connectivity index (χ2n) is 5.14. The number of likely N-dealkylation sites (tertiary alicyclic amines) is 1. The molecule has 20 heavy (non-hydrogen) atoms. The zero-order chi connectivity index (χ0) is 14.7. The van der Waals surface area contributed by atoms with E-state index < -0.39 is 0 Å². The van der Waals surface area contributed by atoms with Gasteiger partial charge in [-0.05, 0) is 30.0 Å². The van der Waals surface area contributed by atoms with E-state index in [1.165, 1.54) is 14.0 Å². The van der Waals surface area contributed by atoms with Gasteiger partial charge in [-0.3, -0.25) is 9.59 Å². The highest BCUT2D eigenvalue weighted by Gasteiger charge is 2.39. The van der Waals surface area contributed by atoms with E-state index >= 15 is 0 Å². The van der Waals surface area contributed by atoms with Gasteiger partial charge in [0.05, 0.1) is 13.0 Å². The van der Waals surface area contributed by atoms with E-state index in [4.69, 9.17) is 16.3 Å². The van der Waals surface area contributed by atoms with Gasteiger partial charge in [-0.1, -0.05) is 23.7 Å². The number of esters is 1. The van der Waals surface area contributed by atoms with Crippen molar-refractivity contribution in [2.24, 2.45) is 11.8 Å². The van der Waals surface area contributed by atoms with Crippen molar-refractivity contribution in [3.05, 3.63) is 34.9 Å². The molecular weight excluding hydrogens is 278 g/mol. The lowest BCUT2D eigenvalue weighted by Gasteiger charge is -2.15. The van der Waals surface area contributed by atoms with Gasteiger partial charge in [-0.15, -0.1) is 0 Å². The summed E-state index contributed by atoms with van der Waals surface area (Å²) in [5.41, 5.74) is 1.11. The predicted octanol–water partition coefficient (Wildman–Crippen LogP) is 2.15. The number of carbonyl (C=O) groups excluding carboxylic acids is 2. The number of methoxy groups -OCH3 is 1. The van der Waals surface area contributed by atoms with Gasteiger partial charge in [0, 0.05) is 25.0 Å². The minimum Gasteiger partial charge on any atom is -0.469 e. The molecule has 1 aromatic carbocycles. The molecule has 1 unspecified atom stereocenters. The van der Waals surface area contributed by atoms with E-state index in [-0.39, 0.29) is 23.7 Å². The van der Waals surface area contributed by atoms with Crippen molar-refractivity contribution < 1.29 is 14.3 Å². The first-order valence-corrected chi connectivity index (χ1v) is 6.97. The summed E-state index contributed by atoms with van der Waals surface area (Å²) in [5, 5.41) is 0.690. The maximum Gasteiger partial charge on any atom is 0.310 e. The average molecular weight is 296 g/mol. The Hall–Kier alpha value is -1.55. The van der Waals surface area contributed by atoms with Crippen LogP contribution in [-0.4, -0.2) is 37.0 Å². The van der Waals surface area contributed by atoms with Gasteiger partial charge in [0.15, 0.2) is 0 Å². The normalized spacial score (nSPS) is 21.9. The Kier molecular flexibility index (Phi) is 4.65.